The Balaban J connectivity index is 1.55. The van der Waals surface area contributed by atoms with Gasteiger partial charge < -0.3 is 9.80 Å². The molecule has 1 aromatic heterocycles. The number of likely N-dealkylation sites (tertiary alicyclic amines) is 1. The van der Waals surface area contributed by atoms with Gasteiger partial charge in [0.2, 0.25) is 5.91 Å². The number of carbonyl (C=O) groups excluding carboxylic acids is 2. The van der Waals surface area contributed by atoms with Gasteiger partial charge >= 0.3 is 0 Å². The molecule has 1 saturated heterocycles. The zero-order valence-electron chi connectivity index (χ0n) is 15.0. The molecule has 0 spiro atoms. The van der Waals surface area contributed by atoms with Crippen LogP contribution in [0, 0.1) is 0 Å². The van der Waals surface area contributed by atoms with Crippen molar-refractivity contribution in [1.82, 2.24) is 14.8 Å². The van der Waals surface area contributed by atoms with Gasteiger partial charge in [0, 0.05) is 31.0 Å². The molecule has 134 valence electrons. The molecule has 4 rings (SSSR count). The van der Waals surface area contributed by atoms with Crippen molar-refractivity contribution >= 4 is 11.8 Å². The zero-order valence-corrected chi connectivity index (χ0v) is 15.0. The molecule has 0 aliphatic carbocycles. The summed E-state index contributed by atoms with van der Waals surface area (Å²) in [5.41, 5.74) is 2.79. The number of pyridine rings is 1. The second-order valence-corrected chi connectivity index (χ2v) is 7.10. The Morgan fingerprint density at radius 1 is 1.19 bits per heavy atom. The summed E-state index contributed by atoms with van der Waals surface area (Å²) in [6.45, 7) is 3.09. The quantitative estimate of drug-likeness (QED) is 0.855. The summed E-state index contributed by atoms with van der Waals surface area (Å²) >= 11 is 0. The van der Waals surface area contributed by atoms with Crippen LogP contribution in [0.2, 0.25) is 0 Å². The van der Waals surface area contributed by atoms with Crippen molar-refractivity contribution in [3.63, 3.8) is 0 Å². The summed E-state index contributed by atoms with van der Waals surface area (Å²) in [5.74, 6) is -0.0175. The molecule has 2 atom stereocenters. The number of hydrogen-bond acceptors (Lipinski definition) is 3. The van der Waals surface area contributed by atoms with E-state index in [9.17, 15) is 9.59 Å². The van der Waals surface area contributed by atoms with E-state index in [1.165, 1.54) is 0 Å². The van der Waals surface area contributed by atoms with Crippen molar-refractivity contribution in [2.24, 2.45) is 0 Å². The Bertz CT molecular complexity index is 821. The van der Waals surface area contributed by atoms with Crippen molar-refractivity contribution in [3.8, 4) is 0 Å². The molecular formula is C21H23N3O2. The van der Waals surface area contributed by atoms with E-state index in [2.05, 4.69) is 4.98 Å². The van der Waals surface area contributed by atoms with Crippen molar-refractivity contribution < 1.29 is 9.59 Å². The van der Waals surface area contributed by atoms with Gasteiger partial charge in [-0.3, -0.25) is 14.6 Å². The highest BCUT2D eigenvalue weighted by Crippen LogP contribution is 2.32. The van der Waals surface area contributed by atoms with Crippen LogP contribution < -0.4 is 0 Å². The Kier molecular flexibility index (Phi) is 4.45. The first-order valence-electron chi connectivity index (χ1n) is 9.26. The number of amides is 2. The predicted octanol–water partition coefficient (Wildman–Crippen LogP) is 3.18. The smallest absolute Gasteiger partial charge is 0.255 e. The zero-order chi connectivity index (χ0) is 18.1. The van der Waals surface area contributed by atoms with Gasteiger partial charge in [0.25, 0.3) is 5.91 Å². The standard InChI is InChI=1S/C21H23N3O2/c1-15(24-14-17-7-2-3-9-18(17)21(24)26)20(25)23-12-5-4-10-19(23)16-8-6-11-22-13-16/h2-3,6-9,11,13,15,19H,4-5,10,12,14H2,1H3. The molecule has 2 aliphatic rings. The van der Waals surface area contributed by atoms with Crippen LogP contribution in [-0.4, -0.2) is 39.2 Å². The normalized spacial score (nSPS) is 20.8. The Labute approximate surface area is 153 Å². The van der Waals surface area contributed by atoms with Gasteiger partial charge in [-0.2, -0.15) is 0 Å². The molecule has 0 bridgehead atoms. The molecule has 1 fully saturated rings. The van der Waals surface area contributed by atoms with Crippen LogP contribution in [-0.2, 0) is 11.3 Å². The minimum absolute atomic E-state index is 0.0275. The Hall–Kier alpha value is -2.69. The number of hydrogen-bond donors (Lipinski definition) is 0. The summed E-state index contributed by atoms with van der Waals surface area (Å²) in [4.78, 5) is 33.9. The number of fused-ring (bicyclic) bond motifs is 1. The molecule has 1 aromatic carbocycles. The summed E-state index contributed by atoms with van der Waals surface area (Å²) < 4.78 is 0. The number of benzene rings is 1. The van der Waals surface area contributed by atoms with Crippen molar-refractivity contribution in [1.29, 1.82) is 0 Å². The second kappa shape index (κ2) is 6.90. The lowest BCUT2D eigenvalue weighted by atomic mass is 9.95. The van der Waals surface area contributed by atoms with Gasteiger partial charge in [-0.1, -0.05) is 24.3 Å². The molecule has 2 aliphatic heterocycles. The molecule has 5 heteroatoms. The molecular weight excluding hydrogens is 326 g/mol. The largest absolute Gasteiger partial charge is 0.334 e. The third kappa shape index (κ3) is 2.87. The summed E-state index contributed by atoms with van der Waals surface area (Å²) in [6.07, 6.45) is 6.65. The van der Waals surface area contributed by atoms with Crippen LogP contribution in [0.5, 0.6) is 0 Å². The maximum Gasteiger partial charge on any atom is 0.255 e. The highest BCUT2D eigenvalue weighted by molar-refractivity contribution is 6.01. The number of aromatic nitrogens is 1. The van der Waals surface area contributed by atoms with E-state index >= 15 is 0 Å². The molecule has 0 N–H and O–H groups in total. The van der Waals surface area contributed by atoms with Gasteiger partial charge in [-0.25, -0.2) is 0 Å². The third-order valence-corrected chi connectivity index (χ3v) is 5.53. The fourth-order valence-corrected chi connectivity index (χ4v) is 4.08. The maximum absolute atomic E-state index is 13.3. The van der Waals surface area contributed by atoms with Gasteiger partial charge in [0.1, 0.15) is 6.04 Å². The summed E-state index contributed by atoms with van der Waals surface area (Å²) in [7, 11) is 0. The van der Waals surface area contributed by atoms with Crippen LogP contribution in [0.1, 0.15) is 53.7 Å². The number of carbonyl (C=O) groups is 2. The lowest BCUT2D eigenvalue weighted by Crippen LogP contribution is -2.49. The van der Waals surface area contributed by atoms with Crippen LogP contribution >= 0.6 is 0 Å². The predicted molar refractivity (Wildman–Crippen MR) is 98.3 cm³/mol. The van der Waals surface area contributed by atoms with Crippen LogP contribution in [0.4, 0.5) is 0 Å². The molecule has 2 amide bonds. The molecule has 0 saturated carbocycles. The Morgan fingerprint density at radius 2 is 2.04 bits per heavy atom. The number of piperidine rings is 1. The van der Waals surface area contributed by atoms with E-state index in [4.69, 9.17) is 0 Å². The van der Waals surface area contributed by atoms with E-state index in [0.29, 0.717) is 6.54 Å². The minimum Gasteiger partial charge on any atom is -0.334 e. The molecule has 0 radical (unpaired) electrons. The van der Waals surface area contributed by atoms with Gasteiger partial charge in [0.15, 0.2) is 0 Å². The lowest BCUT2D eigenvalue weighted by molar-refractivity contribution is -0.139. The third-order valence-electron chi connectivity index (χ3n) is 5.53. The topological polar surface area (TPSA) is 53.5 Å². The first-order chi connectivity index (χ1) is 12.7. The molecule has 2 unspecified atom stereocenters. The second-order valence-electron chi connectivity index (χ2n) is 7.10. The SMILES string of the molecule is CC(C(=O)N1CCCCC1c1cccnc1)N1Cc2ccccc2C1=O. The Morgan fingerprint density at radius 3 is 2.81 bits per heavy atom. The van der Waals surface area contributed by atoms with Gasteiger partial charge in [-0.15, -0.1) is 0 Å². The van der Waals surface area contributed by atoms with Gasteiger partial charge in [-0.05, 0) is 49.4 Å². The fourth-order valence-electron chi connectivity index (χ4n) is 4.08. The fraction of sp³-hybridized carbons (Fsp3) is 0.381. The van der Waals surface area contributed by atoms with E-state index in [0.717, 1.165) is 42.5 Å². The molecule has 5 nitrogen and oxygen atoms in total. The minimum atomic E-state index is -0.466. The van der Waals surface area contributed by atoms with Crippen molar-refractivity contribution in [2.45, 2.75) is 44.8 Å². The maximum atomic E-state index is 13.3. The van der Waals surface area contributed by atoms with E-state index in [1.807, 2.05) is 54.4 Å². The number of rotatable bonds is 3. The highest BCUT2D eigenvalue weighted by Gasteiger charge is 2.38. The van der Waals surface area contributed by atoms with Crippen molar-refractivity contribution in [2.75, 3.05) is 6.54 Å². The van der Waals surface area contributed by atoms with Crippen LogP contribution in [0.25, 0.3) is 0 Å². The highest BCUT2D eigenvalue weighted by atomic mass is 16.2. The van der Waals surface area contributed by atoms with E-state index < -0.39 is 6.04 Å². The molecule has 3 heterocycles. The first kappa shape index (κ1) is 16.8. The monoisotopic (exact) mass is 349 g/mol. The van der Waals surface area contributed by atoms with Crippen molar-refractivity contribution in [3.05, 3.63) is 65.5 Å². The lowest BCUT2D eigenvalue weighted by Gasteiger charge is -2.39. The average Bonchev–Trinajstić information content (AvgIpc) is 3.04. The van der Waals surface area contributed by atoms with E-state index in [1.54, 1.807) is 11.1 Å². The summed E-state index contributed by atoms with van der Waals surface area (Å²) in [5, 5.41) is 0. The van der Waals surface area contributed by atoms with Crippen LogP contribution in [0.15, 0.2) is 48.8 Å². The first-order valence-corrected chi connectivity index (χ1v) is 9.26. The van der Waals surface area contributed by atoms with Gasteiger partial charge in [0.05, 0.1) is 6.04 Å². The molecule has 2 aromatic rings. The average molecular weight is 349 g/mol. The number of nitrogens with zero attached hydrogens (tertiary/aromatic N) is 3. The summed E-state index contributed by atoms with van der Waals surface area (Å²) in [6, 6.07) is 11.1. The van der Waals surface area contributed by atoms with E-state index in [-0.39, 0.29) is 17.9 Å². The molecule has 26 heavy (non-hydrogen) atoms. The van der Waals surface area contributed by atoms with Crippen LogP contribution in [0.3, 0.4) is 0 Å².